The number of amides is 4. The predicted octanol–water partition coefficient (Wildman–Crippen LogP) is 0.160. The first-order valence-electron chi connectivity index (χ1n) is 9.83. The standard InChI is InChI=1S/C20H26N4O3/c1-14-6-9-20(10-7-14)18(26)24(19(27)21-20)22-17(25)13-23-11-8-15-4-2-3-5-16(15)12-23/h2-5,14H,6-13H2,1H3,(H,21,27)(H,22,25)/p+1. The lowest BCUT2D eigenvalue weighted by Crippen LogP contribution is -3.13. The number of quaternary nitrogens is 1. The van der Waals surface area contributed by atoms with Crippen LogP contribution in [0.25, 0.3) is 0 Å². The maximum atomic E-state index is 12.8. The topological polar surface area (TPSA) is 83.0 Å². The summed E-state index contributed by atoms with van der Waals surface area (Å²) in [5.41, 5.74) is 4.32. The molecule has 0 radical (unpaired) electrons. The summed E-state index contributed by atoms with van der Waals surface area (Å²) in [6.07, 6.45) is 4.03. The van der Waals surface area contributed by atoms with Crippen LogP contribution in [-0.4, -0.2) is 41.5 Å². The van der Waals surface area contributed by atoms with Gasteiger partial charge in [-0.15, -0.1) is 0 Å². The number of carbonyl (C=O) groups excluding carboxylic acids is 3. The monoisotopic (exact) mass is 371 g/mol. The molecule has 7 heteroatoms. The van der Waals surface area contributed by atoms with E-state index in [4.69, 9.17) is 0 Å². The van der Waals surface area contributed by atoms with E-state index < -0.39 is 11.6 Å². The maximum Gasteiger partial charge on any atom is 0.344 e. The Labute approximate surface area is 159 Å². The van der Waals surface area contributed by atoms with Crippen molar-refractivity contribution in [1.29, 1.82) is 0 Å². The molecule has 1 spiro atoms. The van der Waals surface area contributed by atoms with Gasteiger partial charge in [-0.1, -0.05) is 31.2 Å². The molecule has 4 rings (SSSR count). The van der Waals surface area contributed by atoms with E-state index >= 15 is 0 Å². The van der Waals surface area contributed by atoms with Gasteiger partial charge in [-0.25, -0.2) is 4.79 Å². The van der Waals surface area contributed by atoms with Crippen molar-refractivity contribution in [2.75, 3.05) is 13.1 Å². The van der Waals surface area contributed by atoms with Crippen LogP contribution >= 0.6 is 0 Å². The number of benzene rings is 1. The molecule has 3 aliphatic rings. The number of hydrogen-bond acceptors (Lipinski definition) is 3. The van der Waals surface area contributed by atoms with Crippen LogP contribution in [0.4, 0.5) is 4.79 Å². The van der Waals surface area contributed by atoms with Crippen LogP contribution in [0, 0.1) is 5.92 Å². The molecule has 2 aliphatic heterocycles. The Hall–Kier alpha value is -2.41. The molecule has 144 valence electrons. The molecule has 27 heavy (non-hydrogen) atoms. The molecule has 1 aromatic rings. The first-order valence-corrected chi connectivity index (χ1v) is 9.83. The Kier molecular flexibility index (Phi) is 4.63. The zero-order chi connectivity index (χ0) is 19.0. The van der Waals surface area contributed by atoms with E-state index in [9.17, 15) is 14.4 Å². The van der Waals surface area contributed by atoms with Crippen molar-refractivity contribution >= 4 is 17.8 Å². The molecule has 0 aromatic heterocycles. The summed E-state index contributed by atoms with van der Waals surface area (Å²) in [4.78, 5) is 38.7. The highest BCUT2D eigenvalue weighted by Gasteiger charge is 2.53. The van der Waals surface area contributed by atoms with Gasteiger partial charge in [-0.05, 0) is 37.2 Å². The van der Waals surface area contributed by atoms with Crippen molar-refractivity contribution in [3.05, 3.63) is 35.4 Å². The number of hydrogen-bond donors (Lipinski definition) is 3. The number of nitrogens with zero attached hydrogens (tertiary/aromatic N) is 1. The quantitative estimate of drug-likeness (QED) is 0.662. The highest BCUT2D eigenvalue weighted by molar-refractivity contribution is 6.08. The van der Waals surface area contributed by atoms with Gasteiger partial charge in [-0.3, -0.25) is 15.0 Å². The van der Waals surface area contributed by atoms with Crippen LogP contribution in [0.1, 0.15) is 43.7 Å². The van der Waals surface area contributed by atoms with E-state index in [1.165, 1.54) is 11.1 Å². The fourth-order valence-electron chi connectivity index (χ4n) is 4.50. The van der Waals surface area contributed by atoms with Crippen molar-refractivity contribution in [3.8, 4) is 0 Å². The average molecular weight is 371 g/mol. The molecule has 2 fully saturated rings. The molecule has 1 saturated heterocycles. The number of rotatable bonds is 3. The third-order valence-corrected chi connectivity index (χ3v) is 6.24. The number of carbonyl (C=O) groups is 3. The lowest BCUT2D eigenvalue weighted by Gasteiger charge is -2.33. The first-order chi connectivity index (χ1) is 13.0. The molecular weight excluding hydrogens is 344 g/mol. The van der Waals surface area contributed by atoms with Crippen molar-refractivity contribution in [1.82, 2.24) is 15.8 Å². The number of nitrogens with one attached hydrogen (secondary N) is 3. The van der Waals surface area contributed by atoms with E-state index in [0.29, 0.717) is 18.8 Å². The van der Waals surface area contributed by atoms with Crippen LogP contribution in [0.5, 0.6) is 0 Å². The smallest absolute Gasteiger partial charge is 0.323 e. The highest BCUT2D eigenvalue weighted by Crippen LogP contribution is 2.35. The fourth-order valence-corrected chi connectivity index (χ4v) is 4.50. The Morgan fingerprint density at radius 1 is 1.26 bits per heavy atom. The van der Waals surface area contributed by atoms with Gasteiger partial charge in [0, 0.05) is 12.0 Å². The zero-order valence-electron chi connectivity index (χ0n) is 15.7. The second-order valence-corrected chi connectivity index (χ2v) is 8.24. The highest BCUT2D eigenvalue weighted by atomic mass is 16.2. The number of imide groups is 1. The molecule has 1 unspecified atom stereocenters. The van der Waals surface area contributed by atoms with Gasteiger partial charge in [0.2, 0.25) is 0 Å². The summed E-state index contributed by atoms with van der Waals surface area (Å²) in [6.45, 7) is 4.06. The van der Waals surface area contributed by atoms with E-state index in [-0.39, 0.29) is 18.4 Å². The Morgan fingerprint density at radius 3 is 2.70 bits per heavy atom. The van der Waals surface area contributed by atoms with Crippen LogP contribution in [0.3, 0.4) is 0 Å². The van der Waals surface area contributed by atoms with Gasteiger partial charge in [0.05, 0.1) is 6.54 Å². The normalized spacial score (nSPS) is 30.2. The van der Waals surface area contributed by atoms with Crippen LogP contribution in [0.2, 0.25) is 0 Å². The second kappa shape index (κ2) is 6.96. The molecule has 1 saturated carbocycles. The molecule has 2 heterocycles. The molecule has 1 aliphatic carbocycles. The summed E-state index contributed by atoms with van der Waals surface area (Å²) in [5.74, 6) is -0.0459. The Morgan fingerprint density at radius 2 is 1.96 bits per heavy atom. The van der Waals surface area contributed by atoms with E-state index in [1.54, 1.807) is 0 Å². The molecule has 4 amide bonds. The zero-order valence-corrected chi connectivity index (χ0v) is 15.7. The summed E-state index contributed by atoms with van der Waals surface area (Å²) < 4.78 is 0. The van der Waals surface area contributed by atoms with E-state index in [2.05, 4.69) is 29.8 Å². The minimum atomic E-state index is -0.826. The summed E-state index contributed by atoms with van der Waals surface area (Å²) >= 11 is 0. The summed E-state index contributed by atoms with van der Waals surface area (Å²) in [6, 6.07) is 7.76. The lowest BCUT2D eigenvalue weighted by atomic mass is 9.77. The van der Waals surface area contributed by atoms with Gasteiger partial charge >= 0.3 is 6.03 Å². The molecule has 7 nitrogen and oxygen atoms in total. The van der Waals surface area contributed by atoms with Crippen molar-refractivity contribution < 1.29 is 19.3 Å². The summed E-state index contributed by atoms with van der Waals surface area (Å²) in [5, 5.41) is 3.73. The number of urea groups is 1. The lowest BCUT2D eigenvalue weighted by molar-refractivity contribution is -0.908. The minimum Gasteiger partial charge on any atom is -0.323 e. The minimum absolute atomic E-state index is 0.245. The fraction of sp³-hybridized carbons (Fsp3) is 0.550. The van der Waals surface area contributed by atoms with Crippen molar-refractivity contribution in [2.24, 2.45) is 5.92 Å². The number of fused-ring (bicyclic) bond motifs is 1. The second-order valence-electron chi connectivity index (χ2n) is 8.24. The third-order valence-electron chi connectivity index (χ3n) is 6.24. The average Bonchev–Trinajstić information content (AvgIpc) is 2.88. The van der Waals surface area contributed by atoms with Gasteiger partial charge < -0.3 is 10.2 Å². The molecule has 1 atom stereocenters. The molecule has 3 N–H and O–H groups in total. The first kappa shape index (κ1) is 18.0. The molecular formula is C20H27N4O3+. The van der Waals surface area contributed by atoms with Gasteiger partial charge in [0.15, 0.2) is 6.54 Å². The van der Waals surface area contributed by atoms with Gasteiger partial charge in [0.1, 0.15) is 12.1 Å². The SMILES string of the molecule is CC1CCC2(CC1)NC(=O)N(NC(=O)C[NH+]1CCc3ccccc3C1)C2=O. The summed E-state index contributed by atoms with van der Waals surface area (Å²) in [7, 11) is 0. The Balaban J connectivity index is 1.36. The third kappa shape index (κ3) is 3.43. The largest absolute Gasteiger partial charge is 0.344 e. The maximum absolute atomic E-state index is 12.8. The predicted molar refractivity (Wildman–Crippen MR) is 98.4 cm³/mol. The molecule has 1 aromatic carbocycles. The van der Waals surface area contributed by atoms with Gasteiger partial charge in [-0.2, -0.15) is 5.01 Å². The van der Waals surface area contributed by atoms with Gasteiger partial charge in [0.25, 0.3) is 11.8 Å². The van der Waals surface area contributed by atoms with Crippen molar-refractivity contribution in [3.63, 3.8) is 0 Å². The van der Waals surface area contributed by atoms with E-state index in [0.717, 1.165) is 42.3 Å². The number of hydrazine groups is 1. The Bertz CT molecular complexity index is 770. The van der Waals surface area contributed by atoms with Crippen LogP contribution < -0.4 is 15.6 Å². The molecule has 0 bridgehead atoms. The van der Waals surface area contributed by atoms with Crippen molar-refractivity contribution in [2.45, 2.75) is 51.1 Å². The van der Waals surface area contributed by atoms with Crippen LogP contribution in [-0.2, 0) is 22.6 Å². The van der Waals surface area contributed by atoms with E-state index in [1.807, 2.05) is 12.1 Å². The van der Waals surface area contributed by atoms with Crippen LogP contribution in [0.15, 0.2) is 24.3 Å².